The minimum absolute atomic E-state index is 0.296. The Morgan fingerprint density at radius 3 is 1.30 bits per heavy atom. The molecule has 0 bridgehead atoms. The van der Waals surface area contributed by atoms with E-state index in [1.807, 2.05) is 0 Å². The van der Waals surface area contributed by atoms with E-state index >= 15 is 0 Å². The molecule has 1 aliphatic rings. The summed E-state index contributed by atoms with van der Waals surface area (Å²) in [4.78, 5) is 15.1. The van der Waals surface area contributed by atoms with Crippen molar-refractivity contribution in [1.82, 2.24) is 4.90 Å². The van der Waals surface area contributed by atoms with Crippen LogP contribution in [0.5, 0.6) is 0 Å². The molecule has 0 aromatic carbocycles. The van der Waals surface area contributed by atoms with E-state index in [9.17, 15) is 4.79 Å². The van der Waals surface area contributed by atoms with Crippen LogP contribution in [-0.2, 0) is 14.3 Å². The molecule has 308 valence electrons. The van der Waals surface area contributed by atoms with E-state index in [1.165, 1.54) is 128 Å². The minimum Gasteiger partial charge on any atom is -0.381 e. The monoisotopic (exact) mass is 741 g/mol. The fourth-order valence-electron chi connectivity index (χ4n) is 7.13. The van der Waals surface area contributed by atoms with E-state index in [-0.39, 0.29) is 0 Å². The molecule has 1 amide bonds. The Balaban J connectivity index is 2.16. The third-order valence-corrected chi connectivity index (χ3v) is 10.7. The summed E-state index contributed by atoms with van der Waals surface area (Å²) in [7, 11) is 0. The van der Waals surface area contributed by atoms with Crippen LogP contribution in [0.4, 0.5) is 0 Å². The highest BCUT2D eigenvalue weighted by atomic mass is 16.5. The van der Waals surface area contributed by atoms with Crippen molar-refractivity contribution >= 4 is 5.91 Å². The number of hydrogen-bond donors (Lipinski definition) is 1. The van der Waals surface area contributed by atoms with Gasteiger partial charge in [0, 0.05) is 44.6 Å². The first-order chi connectivity index (χ1) is 26.2. The van der Waals surface area contributed by atoms with Gasteiger partial charge in [0.25, 0.3) is 0 Å². The minimum atomic E-state index is 0.296. The van der Waals surface area contributed by atoms with Gasteiger partial charge >= 0.3 is 0 Å². The molecular weight excluding hydrogens is 653 g/mol. The topological polar surface area (TPSA) is 64.8 Å². The third kappa shape index (κ3) is 32.3. The van der Waals surface area contributed by atoms with E-state index < -0.39 is 0 Å². The van der Waals surface area contributed by atoms with Gasteiger partial charge in [0.2, 0.25) is 5.91 Å². The Bertz CT molecular complexity index is 837. The van der Waals surface area contributed by atoms with E-state index in [0.717, 1.165) is 84.5 Å². The average molecular weight is 741 g/mol. The Hall–Kier alpha value is -1.69. The highest BCUT2D eigenvalue weighted by Gasteiger charge is 2.35. The van der Waals surface area contributed by atoms with Crippen molar-refractivity contribution in [3.63, 3.8) is 0 Å². The molecule has 0 radical (unpaired) electrons. The number of amides is 1. The second kappa shape index (κ2) is 40.0. The molecule has 0 saturated carbocycles. The first-order valence-corrected chi connectivity index (χ1v) is 23.0. The van der Waals surface area contributed by atoms with Gasteiger partial charge in [-0.05, 0) is 96.4 Å². The van der Waals surface area contributed by atoms with Crippen LogP contribution < -0.4 is 5.73 Å². The molecule has 0 unspecified atom stereocenters. The summed E-state index contributed by atoms with van der Waals surface area (Å²) < 4.78 is 12.4. The maximum atomic E-state index is 13.0. The molecule has 0 spiro atoms. The van der Waals surface area contributed by atoms with Gasteiger partial charge in [-0.1, -0.05) is 146 Å². The molecular formula is C48H88N2O3. The molecule has 2 N–H and O–H groups in total. The lowest BCUT2D eigenvalue weighted by molar-refractivity contribution is -0.130. The van der Waals surface area contributed by atoms with E-state index in [0.29, 0.717) is 30.7 Å². The fraction of sp³-hybridized carbons (Fsp3) is 0.812. The number of carbonyl (C=O) groups is 1. The largest absolute Gasteiger partial charge is 0.381 e. The van der Waals surface area contributed by atoms with Crippen LogP contribution in [-0.4, -0.2) is 56.9 Å². The first-order valence-electron chi connectivity index (χ1n) is 23.0. The van der Waals surface area contributed by atoms with Crippen molar-refractivity contribution < 1.29 is 14.3 Å². The zero-order valence-electron chi connectivity index (χ0n) is 35.3. The maximum absolute atomic E-state index is 13.0. The molecule has 1 rings (SSSR count). The third-order valence-electron chi connectivity index (χ3n) is 10.7. The van der Waals surface area contributed by atoms with Gasteiger partial charge in [-0.25, -0.2) is 0 Å². The molecule has 53 heavy (non-hydrogen) atoms. The summed E-state index contributed by atoms with van der Waals surface area (Å²) in [5.41, 5.74) is 5.65. The fourth-order valence-corrected chi connectivity index (χ4v) is 7.13. The van der Waals surface area contributed by atoms with Crippen molar-refractivity contribution in [1.29, 1.82) is 0 Å². The molecule has 5 nitrogen and oxygen atoms in total. The predicted octanol–water partition coefficient (Wildman–Crippen LogP) is 13.2. The molecule has 1 aliphatic heterocycles. The molecule has 0 aromatic rings. The number of unbranched alkanes of at least 4 members (excludes halogenated alkanes) is 20. The lowest BCUT2D eigenvalue weighted by Crippen LogP contribution is -2.29. The Kier molecular flexibility index (Phi) is 37.2. The van der Waals surface area contributed by atoms with E-state index in [1.54, 1.807) is 0 Å². The SMILES string of the molecule is CCCCC/C=C\C/C=C\CCCCCCCCOC[C@@H]1CN(C(=O)CCCCCN)C[C@H]1COCCCCCCCC/C=C\C/C=C\CCCCC. The standard InChI is InChI=1S/C48H88N2O3/c1-3-5-7-9-11-13-15-17-19-21-23-25-27-29-31-36-40-52-44-46-42-50(48(51)38-34-33-35-39-49)43-47(46)45-53-41-37-32-30-28-26-24-22-20-18-16-14-12-10-8-6-4-2/h11-14,17-20,46-47H,3-10,15-16,21-45,49H2,1-2H3/b13-11-,14-12-,19-17-,20-18-/t46-,47-/m0/s1. The van der Waals surface area contributed by atoms with Crippen LogP contribution in [0.25, 0.3) is 0 Å². The summed E-state index contributed by atoms with van der Waals surface area (Å²) in [6.45, 7) is 10.0. The molecule has 5 heteroatoms. The normalized spacial score (nSPS) is 16.5. The predicted molar refractivity (Wildman–Crippen MR) is 231 cm³/mol. The molecule has 2 atom stereocenters. The van der Waals surface area contributed by atoms with Crippen LogP contribution in [0.2, 0.25) is 0 Å². The van der Waals surface area contributed by atoms with Crippen LogP contribution in [0.1, 0.15) is 194 Å². The Morgan fingerprint density at radius 1 is 0.509 bits per heavy atom. The second-order valence-electron chi connectivity index (χ2n) is 15.7. The smallest absolute Gasteiger partial charge is 0.222 e. The summed E-state index contributed by atoms with van der Waals surface area (Å²) in [5.74, 6) is 1.05. The van der Waals surface area contributed by atoms with Gasteiger partial charge in [0.05, 0.1) is 13.2 Å². The lowest BCUT2D eigenvalue weighted by Gasteiger charge is -2.18. The molecule has 1 heterocycles. The van der Waals surface area contributed by atoms with Crippen molar-refractivity contribution in [3.8, 4) is 0 Å². The average Bonchev–Trinajstić information content (AvgIpc) is 3.58. The van der Waals surface area contributed by atoms with E-state index in [4.69, 9.17) is 15.2 Å². The number of ether oxygens (including phenoxy) is 2. The van der Waals surface area contributed by atoms with Crippen molar-refractivity contribution in [3.05, 3.63) is 48.6 Å². The van der Waals surface area contributed by atoms with Gasteiger partial charge in [-0.3, -0.25) is 4.79 Å². The van der Waals surface area contributed by atoms with Gasteiger partial charge in [-0.2, -0.15) is 0 Å². The molecule has 1 fully saturated rings. The quantitative estimate of drug-likeness (QED) is 0.0503. The van der Waals surface area contributed by atoms with Crippen molar-refractivity contribution in [2.75, 3.05) is 46.1 Å². The van der Waals surface area contributed by atoms with Gasteiger partial charge in [-0.15, -0.1) is 0 Å². The summed E-state index contributed by atoms with van der Waals surface area (Å²) in [6.07, 6.45) is 52.6. The summed E-state index contributed by atoms with van der Waals surface area (Å²) in [6, 6.07) is 0. The Labute approximate surface area is 330 Å². The van der Waals surface area contributed by atoms with Crippen LogP contribution >= 0.6 is 0 Å². The number of nitrogens with zero attached hydrogens (tertiary/aromatic N) is 1. The first kappa shape index (κ1) is 49.3. The highest BCUT2D eigenvalue weighted by molar-refractivity contribution is 5.76. The molecule has 0 aromatic heterocycles. The van der Waals surface area contributed by atoms with Crippen LogP contribution in [0.15, 0.2) is 48.6 Å². The Morgan fingerprint density at radius 2 is 0.887 bits per heavy atom. The summed E-state index contributed by atoms with van der Waals surface area (Å²) in [5, 5.41) is 0. The number of likely N-dealkylation sites (tertiary alicyclic amines) is 1. The molecule has 0 aliphatic carbocycles. The lowest BCUT2D eigenvalue weighted by atomic mass is 9.98. The highest BCUT2D eigenvalue weighted by Crippen LogP contribution is 2.26. The van der Waals surface area contributed by atoms with Crippen LogP contribution in [0.3, 0.4) is 0 Å². The number of hydrogen-bond acceptors (Lipinski definition) is 4. The number of carbonyl (C=O) groups excluding carboxylic acids is 1. The zero-order valence-corrected chi connectivity index (χ0v) is 35.3. The number of allylic oxidation sites excluding steroid dienone is 8. The second-order valence-corrected chi connectivity index (χ2v) is 15.7. The van der Waals surface area contributed by atoms with Crippen molar-refractivity contribution in [2.45, 2.75) is 194 Å². The maximum Gasteiger partial charge on any atom is 0.222 e. The number of rotatable bonds is 39. The van der Waals surface area contributed by atoms with Gasteiger partial charge in [0.1, 0.15) is 0 Å². The zero-order chi connectivity index (χ0) is 38.1. The van der Waals surface area contributed by atoms with Crippen LogP contribution in [0, 0.1) is 11.8 Å². The van der Waals surface area contributed by atoms with Crippen molar-refractivity contribution in [2.24, 2.45) is 17.6 Å². The van der Waals surface area contributed by atoms with Gasteiger partial charge < -0.3 is 20.1 Å². The molecule has 1 saturated heterocycles. The van der Waals surface area contributed by atoms with E-state index in [2.05, 4.69) is 67.4 Å². The number of nitrogens with two attached hydrogens (primary N) is 1. The van der Waals surface area contributed by atoms with Gasteiger partial charge in [0.15, 0.2) is 0 Å². The summed E-state index contributed by atoms with van der Waals surface area (Å²) >= 11 is 0.